The van der Waals surface area contributed by atoms with Gasteiger partial charge in [-0.15, -0.1) is 10.2 Å². The minimum atomic E-state index is -0.977. The molecule has 1 saturated heterocycles. The van der Waals surface area contributed by atoms with Crippen molar-refractivity contribution in [3.8, 4) is 11.5 Å². The Balaban J connectivity index is 1.03. The summed E-state index contributed by atoms with van der Waals surface area (Å²) < 4.78 is 23.9. The van der Waals surface area contributed by atoms with Gasteiger partial charge in [-0.25, -0.2) is 4.79 Å². The number of nitrogens with zero attached hydrogens (tertiary/aromatic N) is 3. The molecule has 0 bridgehead atoms. The van der Waals surface area contributed by atoms with Gasteiger partial charge in [0.15, 0.2) is 0 Å². The number of rotatable bonds is 17. The summed E-state index contributed by atoms with van der Waals surface area (Å²) in [5.74, 6) is 0.146. The minimum absolute atomic E-state index is 0.0666. The van der Waals surface area contributed by atoms with E-state index >= 15 is 0 Å². The summed E-state index contributed by atoms with van der Waals surface area (Å²) in [5.41, 5.74) is 5.27. The lowest BCUT2D eigenvalue weighted by Gasteiger charge is -2.37. The van der Waals surface area contributed by atoms with E-state index in [0.717, 1.165) is 27.8 Å². The lowest BCUT2D eigenvalue weighted by atomic mass is 9.84. The van der Waals surface area contributed by atoms with E-state index in [1.807, 2.05) is 127 Å². The molecule has 58 heavy (non-hydrogen) atoms. The van der Waals surface area contributed by atoms with Crippen molar-refractivity contribution in [2.75, 3.05) is 31.3 Å². The van der Waals surface area contributed by atoms with Crippen LogP contribution in [0.5, 0.6) is 0 Å². The molecule has 13 heteroatoms. The van der Waals surface area contributed by atoms with E-state index in [0.29, 0.717) is 55.2 Å². The maximum absolute atomic E-state index is 14.3. The van der Waals surface area contributed by atoms with Crippen LogP contribution in [0.4, 0.5) is 10.5 Å². The number of carbonyl (C=O) groups is 2. The standard InChI is InChI=1S/C45H46N6O6S/c1-54-44(53)49-41(40(33-16-7-3-8-17-33)34-18-9-4-10-19-34)42(52)48-37-20-12-11-15-32(37)21-22-36-27-47-38(29-55-28-31-13-5-2-6-14-31)39(56-36)30-58-45-51-50-43(57-45)35-23-25-46-26-24-35/h2-20,23-26,36,38-41,47H,21-22,27-30H2,1H3,(H,48,52)(H,49,53)/t36-,38-,39-,41+/m1/s1. The number of aromatic nitrogens is 3. The molecule has 4 aromatic carbocycles. The van der Waals surface area contributed by atoms with Gasteiger partial charge in [0, 0.05) is 41.9 Å². The Morgan fingerprint density at radius 1 is 0.862 bits per heavy atom. The molecule has 1 aliphatic rings. The molecule has 7 rings (SSSR count). The summed E-state index contributed by atoms with van der Waals surface area (Å²) in [5, 5.41) is 18.6. The number of amides is 2. The zero-order valence-corrected chi connectivity index (χ0v) is 32.9. The molecule has 3 heterocycles. The molecule has 0 saturated carbocycles. The lowest BCUT2D eigenvalue weighted by molar-refractivity contribution is -0.118. The first-order valence-corrected chi connectivity index (χ1v) is 20.2. The second-order valence-electron chi connectivity index (χ2n) is 13.8. The van der Waals surface area contributed by atoms with Crippen LogP contribution in [0.1, 0.15) is 34.6 Å². The quantitative estimate of drug-likeness (QED) is 0.0799. The number of hydrogen-bond donors (Lipinski definition) is 3. The Bertz CT molecular complexity index is 2140. The molecule has 12 nitrogen and oxygen atoms in total. The molecule has 4 atom stereocenters. The highest BCUT2D eigenvalue weighted by Gasteiger charge is 2.34. The highest BCUT2D eigenvalue weighted by atomic mass is 32.2. The van der Waals surface area contributed by atoms with Crippen molar-refractivity contribution in [2.24, 2.45) is 0 Å². The van der Waals surface area contributed by atoms with Gasteiger partial charge in [0.1, 0.15) is 6.04 Å². The van der Waals surface area contributed by atoms with E-state index in [1.165, 1.54) is 18.9 Å². The first kappa shape index (κ1) is 40.3. The maximum atomic E-state index is 14.3. The fraction of sp³-hybridized carbons (Fsp3) is 0.267. The molecule has 2 aromatic heterocycles. The third-order valence-corrected chi connectivity index (χ3v) is 10.8. The average Bonchev–Trinajstić information content (AvgIpc) is 3.76. The monoisotopic (exact) mass is 798 g/mol. The molecule has 6 aromatic rings. The van der Waals surface area contributed by atoms with E-state index in [-0.39, 0.29) is 24.2 Å². The predicted octanol–water partition coefficient (Wildman–Crippen LogP) is 7.29. The summed E-state index contributed by atoms with van der Waals surface area (Å²) in [6.45, 7) is 1.58. The number of pyridine rings is 1. The number of benzene rings is 4. The Hall–Kier alpha value is -5.86. The van der Waals surface area contributed by atoms with Crippen LogP contribution in [0.2, 0.25) is 0 Å². The number of ether oxygens (including phenoxy) is 3. The number of carbonyl (C=O) groups excluding carboxylic acids is 2. The summed E-state index contributed by atoms with van der Waals surface area (Å²) in [4.78, 5) is 31.0. The van der Waals surface area contributed by atoms with Crippen molar-refractivity contribution in [3.63, 3.8) is 0 Å². The molecule has 2 amide bonds. The van der Waals surface area contributed by atoms with Gasteiger partial charge in [0.25, 0.3) is 5.22 Å². The van der Waals surface area contributed by atoms with E-state index in [2.05, 4.69) is 31.1 Å². The zero-order valence-electron chi connectivity index (χ0n) is 32.1. The Morgan fingerprint density at radius 3 is 2.24 bits per heavy atom. The second kappa shape index (κ2) is 20.5. The summed E-state index contributed by atoms with van der Waals surface area (Å²) in [7, 11) is 1.29. The first-order valence-electron chi connectivity index (χ1n) is 19.2. The van der Waals surface area contributed by atoms with Crippen molar-refractivity contribution in [2.45, 2.75) is 54.9 Å². The van der Waals surface area contributed by atoms with Crippen LogP contribution in [-0.2, 0) is 32.0 Å². The van der Waals surface area contributed by atoms with E-state index < -0.39 is 18.1 Å². The Morgan fingerprint density at radius 2 is 1.53 bits per heavy atom. The number of aryl methyl sites for hydroxylation is 1. The van der Waals surface area contributed by atoms with Gasteiger partial charge in [-0.05, 0) is 53.3 Å². The van der Waals surface area contributed by atoms with Crippen LogP contribution < -0.4 is 16.0 Å². The fourth-order valence-corrected chi connectivity index (χ4v) is 7.83. The topological polar surface area (TPSA) is 150 Å². The van der Waals surface area contributed by atoms with Gasteiger partial charge in [0.05, 0.1) is 38.6 Å². The highest BCUT2D eigenvalue weighted by molar-refractivity contribution is 7.99. The number of thioether (sulfide) groups is 1. The molecule has 0 radical (unpaired) electrons. The minimum Gasteiger partial charge on any atom is -0.453 e. The van der Waals surface area contributed by atoms with Crippen LogP contribution in [-0.4, -0.2) is 77.5 Å². The van der Waals surface area contributed by atoms with Gasteiger partial charge in [-0.2, -0.15) is 0 Å². The van der Waals surface area contributed by atoms with Crippen molar-refractivity contribution in [1.82, 2.24) is 25.8 Å². The zero-order chi connectivity index (χ0) is 39.9. The highest BCUT2D eigenvalue weighted by Crippen LogP contribution is 2.31. The number of nitrogens with one attached hydrogen (secondary N) is 3. The number of anilines is 1. The third kappa shape index (κ3) is 11.0. The van der Waals surface area contributed by atoms with Gasteiger partial charge in [-0.3, -0.25) is 9.78 Å². The Kier molecular flexibility index (Phi) is 14.3. The predicted molar refractivity (Wildman–Crippen MR) is 222 cm³/mol. The number of hydrogen-bond acceptors (Lipinski definition) is 11. The molecule has 3 N–H and O–H groups in total. The van der Waals surface area contributed by atoms with Gasteiger partial charge in [-0.1, -0.05) is 121 Å². The van der Waals surface area contributed by atoms with E-state index in [4.69, 9.17) is 18.6 Å². The summed E-state index contributed by atoms with van der Waals surface area (Å²) >= 11 is 1.45. The summed E-state index contributed by atoms with van der Waals surface area (Å²) in [6, 6.07) is 39.8. The molecule has 298 valence electrons. The molecule has 1 aliphatic heterocycles. The van der Waals surface area contributed by atoms with Crippen molar-refractivity contribution >= 4 is 29.4 Å². The molecule has 0 spiro atoms. The molecule has 1 fully saturated rings. The Labute approximate surface area is 342 Å². The smallest absolute Gasteiger partial charge is 0.407 e. The lowest BCUT2D eigenvalue weighted by Crippen LogP contribution is -2.55. The number of para-hydroxylation sites is 1. The first-order chi connectivity index (χ1) is 28.5. The normalized spacial score (nSPS) is 17.0. The van der Waals surface area contributed by atoms with Crippen LogP contribution in [0, 0.1) is 0 Å². The largest absolute Gasteiger partial charge is 0.453 e. The van der Waals surface area contributed by atoms with Crippen LogP contribution >= 0.6 is 11.8 Å². The van der Waals surface area contributed by atoms with Crippen LogP contribution in [0.25, 0.3) is 11.5 Å². The maximum Gasteiger partial charge on any atom is 0.407 e. The van der Waals surface area contributed by atoms with Gasteiger partial charge >= 0.3 is 6.09 Å². The van der Waals surface area contributed by atoms with Crippen molar-refractivity contribution in [3.05, 3.63) is 162 Å². The van der Waals surface area contributed by atoms with E-state index in [9.17, 15) is 9.59 Å². The molecular weight excluding hydrogens is 753 g/mol. The molecule has 0 unspecified atom stereocenters. The second-order valence-corrected chi connectivity index (χ2v) is 14.8. The SMILES string of the molecule is COC(=O)N[C@H](C(=O)Nc1ccccc1CC[C@@H]1CN[C@H](COCc2ccccc2)[C@@H](CSc2nnc(-c3ccncc3)o2)O1)C(c1ccccc1)c1ccccc1. The van der Waals surface area contributed by atoms with Crippen LogP contribution in [0.3, 0.4) is 0 Å². The number of alkyl carbamates (subject to hydrolysis) is 1. The van der Waals surface area contributed by atoms with Crippen molar-refractivity contribution < 1.29 is 28.2 Å². The third-order valence-electron chi connectivity index (χ3n) is 9.94. The van der Waals surface area contributed by atoms with E-state index in [1.54, 1.807) is 12.4 Å². The average molecular weight is 799 g/mol. The molecular formula is C45H46N6O6S. The summed E-state index contributed by atoms with van der Waals surface area (Å²) in [6.07, 6.45) is 3.66. The molecule has 0 aliphatic carbocycles. The van der Waals surface area contributed by atoms with Crippen molar-refractivity contribution in [1.29, 1.82) is 0 Å². The number of methoxy groups -OCH3 is 1. The fourth-order valence-electron chi connectivity index (χ4n) is 6.98. The van der Waals surface area contributed by atoms with Gasteiger partial charge in [0.2, 0.25) is 11.8 Å². The van der Waals surface area contributed by atoms with Gasteiger partial charge < -0.3 is 34.6 Å². The number of morpholine rings is 1. The van der Waals surface area contributed by atoms with Crippen LogP contribution in [0.15, 0.2) is 149 Å².